The van der Waals surface area contributed by atoms with Crippen molar-refractivity contribution in [3.05, 3.63) is 53.1 Å². The van der Waals surface area contributed by atoms with E-state index in [0.29, 0.717) is 54.8 Å². The molecule has 1 heterocycles. The molecule has 39 heavy (non-hydrogen) atoms. The Labute approximate surface area is 234 Å². The molecule has 0 bridgehead atoms. The van der Waals surface area contributed by atoms with E-state index in [1.54, 1.807) is 42.5 Å². The highest BCUT2D eigenvalue weighted by Crippen LogP contribution is 2.32. The van der Waals surface area contributed by atoms with Crippen LogP contribution in [0.15, 0.2) is 47.5 Å². The van der Waals surface area contributed by atoms with E-state index in [9.17, 15) is 9.59 Å². The average Bonchev–Trinajstić information content (AvgIpc) is 2.93. The maximum Gasteiger partial charge on any atom is 0.324 e. The second-order valence-electron chi connectivity index (χ2n) is 9.16. The van der Waals surface area contributed by atoms with Crippen LogP contribution in [0.2, 0.25) is 5.02 Å². The zero-order valence-electron chi connectivity index (χ0n) is 22.7. The SMILES string of the molecule is COc1cc(/N=C(\NC=O)N(Cc2ccc(Cl)cc2)C(=O)NCCCOC2CCCCO2)ccc1OC(C)C. The number of carbonyl (C=O) groups is 2. The Kier molecular flexibility index (Phi) is 12.3. The fourth-order valence-corrected chi connectivity index (χ4v) is 3.98. The van der Waals surface area contributed by atoms with Gasteiger partial charge in [-0.15, -0.1) is 0 Å². The van der Waals surface area contributed by atoms with Crippen molar-refractivity contribution in [1.82, 2.24) is 15.5 Å². The number of aliphatic imine (C=N–C) groups is 1. The third kappa shape index (κ3) is 10.0. The fraction of sp³-hybridized carbons (Fsp3) is 0.464. The van der Waals surface area contributed by atoms with Gasteiger partial charge in [0.05, 0.1) is 32.1 Å². The van der Waals surface area contributed by atoms with Crippen molar-refractivity contribution >= 4 is 35.7 Å². The van der Waals surface area contributed by atoms with Gasteiger partial charge in [-0.3, -0.25) is 15.0 Å². The van der Waals surface area contributed by atoms with E-state index in [2.05, 4.69) is 15.6 Å². The Morgan fingerprint density at radius 2 is 2.00 bits per heavy atom. The molecule has 2 aromatic rings. The Morgan fingerprint density at radius 1 is 1.21 bits per heavy atom. The number of nitrogens with zero attached hydrogens (tertiary/aromatic N) is 2. The number of amides is 3. The van der Waals surface area contributed by atoms with Crippen molar-refractivity contribution in [2.75, 3.05) is 26.9 Å². The van der Waals surface area contributed by atoms with Crippen LogP contribution in [0.5, 0.6) is 11.5 Å². The van der Waals surface area contributed by atoms with E-state index in [4.69, 9.17) is 30.5 Å². The van der Waals surface area contributed by atoms with E-state index < -0.39 is 6.03 Å². The van der Waals surface area contributed by atoms with Gasteiger partial charge in [-0.2, -0.15) is 0 Å². The molecule has 2 N–H and O–H groups in total. The predicted molar refractivity (Wildman–Crippen MR) is 150 cm³/mol. The van der Waals surface area contributed by atoms with Gasteiger partial charge in [0.25, 0.3) is 0 Å². The first-order chi connectivity index (χ1) is 18.9. The van der Waals surface area contributed by atoms with Gasteiger partial charge in [0.1, 0.15) is 0 Å². The van der Waals surface area contributed by atoms with Crippen LogP contribution in [-0.2, 0) is 20.8 Å². The van der Waals surface area contributed by atoms with Crippen molar-refractivity contribution in [3.8, 4) is 11.5 Å². The summed E-state index contributed by atoms with van der Waals surface area (Å²) in [7, 11) is 1.53. The van der Waals surface area contributed by atoms with Gasteiger partial charge in [-0.25, -0.2) is 9.79 Å². The Hall–Kier alpha value is -3.34. The van der Waals surface area contributed by atoms with Gasteiger partial charge in [0, 0.05) is 24.2 Å². The van der Waals surface area contributed by atoms with Crippen molar-refractivity contribution in [1.29, 1.82) is 0 Å². The van der Waals surface area contributed by atoms with Crippen LogP contribution in [0, 0.1) is 0 Å². The number of hydrogen-bond donors (Lipinski definition) is 2. The van der Waals surface area contributed by atoms with Crippen molar-refractivity contribution in [3.63, 3.8) is 0 Å². The molecule has 212 valence electrons. The number of benzene rings is 2. The molecule has 10 nitrogen and oxygen atoms in total. The molecular formula is C28H37ClN4O6. The van der Waals surface area contributed by atoms with Gasteiger partial charge >= 0.3 is 6.03 Å². The molecule has 2 aromatic carbocycles. The van der Waals surface area contributed by atoms with Crippen LogP contribution >= 0.6 is 11.6 Å². The lowest BCUT2D eigenvalue weighted by molar-refractivity contribution is -0.162. The number of ether oxygens (including phenoxy) is 4. The van der Waals surface area contributed by atoms with Crippen molar-refractivity contribution < 1.29 is 28.5 Å². The average molecular weight is 561 g/mol. The van der Waals surface area contributed by atoms with Gasteiger partial charge in [-0.05, 0) is 69.4 Å². The Balaban J connectivity index is 1.76. The maximum absolute atomic E-state index is 13.3. The highest BCUT2D eigenvalue weighted by atomic mass is 35.5. The summed E-state index contributed by atoms with van der Waals surface area (Å²) in [4.78, 5) is 30.8. The summed E-state index contributed by atoms with van der Waals surface area (Å²) in [5.41, 5.74) is 1.26. The highest BCUT2D eigenvalue weighted by molar-refractivity contribution is 6.30. The fourth-order valence-electron chi connectivity index (χ4n) is 3.86. The summed E-state index contributed by atoms with van der Waals surface area (Å²) < 4.78 is 22.5. The summed E-state index contributed by atoms with van der Waals surface area (Å²) in [5.74, 6) is 1.09. The number of rotatable bonds is 12. The number of halogens is 1. The molecule has 1 unspecified atom stereocenters. The summed E-state index contributed by atoms with van der Waals surface area (Å²) in [6.45, 7) is 5.51. The molecule has 0 aliphatic carbocycles. The normalized spacial score (nSPS) is 15.5. The molecule has 11 heteroatoms. The minimum Gasteiger partial charge on any atom is -0.493 e. The number of carbonyl (C=O) groups excluding carboxylic acids is 2. The van der Waals surface area contributed by atoms with E-state index in [-0.39, 0.29) is 24.9 Å². The second kappa shape index (κ2) is 15.9. The first-order valence-corrected chi connectivity index (χ1v) is 13.4. The summed E-state index contributed by atoms with van der Waals surface area (Å²) in [6, 6.07) is 11.8. The first-order valence-electron chi connectivity index (χ1n) is 13.1. The zero-order valence-corrected chi connectivity index (χ0v) is 23.4. The van der Waals surface area contributed by atoms with E-state index in [1.165, 1.54) is 12.0 Å². The van der Waals surface area contributed by atoms with Crippen LogP contribution in [-0.4, -0.2) is 62.6 Å². The molecule has 3 amide bonds. The quantitative estimate of drug-likeness (QED) is 0.163. The molecule has 0 saturated carbocycles. The largest absolute Gasteiger partial charge is 0.493 e. The number of methoxy groups -OCH3 is 1. The van der Waals surface area contributed by atoms with Crippen LogP contribution in [0.3, 0.4) is 0 Å². The molecule has 1 aliphatic heterocycles. The predicted octanol–water partition coefficient (Wildman–Crippen LogP) is 5.01. The molecule has 1 aliphatic rings. The van der Waals surface area contributed by atoms with Crippen LogP contribution < -0.4 is 20.1 Å². The molecule has 1 saturated heterocycles. The molecule has 0 radical (unpaired) electrons. The molecule has 1 atom stereocenters. The van der Waals surface area contributed by atoms with E-state index in [1.807, 2.05) is 13.8 Å². The minimum atomic E-state index is -0.432. The highest BCUT2D eigenvalue weighted by Gasteiger charge is 2.21. The number of guanidine groups is 1. The second-order valence-corrected chi connectivity index (χ2v) is 9.60. The lowest BCUT2D eigenvalue weighted by Crippen LogP contribution is -2.48. The topological polar surface area (TPSA) is 111 Å². The lowest BCUT2D eigenvalue weighted by Gasteiger charge is -2.25. The molecule has 0 spiro atoms. The summed E-state index contributed by atoms with van der Waals surface area (Å²) >= 11 is 6.04. The Bertz CT molecular complexity index is 1090. The standard InChI is InChI=1S/C28H37ClN4O6/c1-20(2)39-24-13-12-23(17-25(24)36-3)32-27(31-19-34)33(18-21-8-10-22(29)11-9-21)28(35)30-14-6-16-38-26-7-4-5-15-37-26/h8-13,17,19-20,26H,4-7,14-16,18H2,1-3H3,(H,30,35)(H,31,32,34). The third-order valence-electron chi connectivity index (χ3n) is 5.73. The van der Waals surface area contributed by atoms with Gasteiger partial charge in [0.2, 0.25) is 12.4 Å². The summed E-state index contributed by atoms with van der Waals surface area (Å²) in [5, 5.41) is 6.03. The molecule has 3 rings (SSSR count). The van der Waals surface area contributed by atoms with E-state index >= 15 is 0 Å². The molecular weight excluding hydrogens is 524 g/mol. The number of nitrogens with one attached hydrogen (secondary N) is 2. The molecule has 1 fully saturated rings. The van der Waals surface area contributed by atoms with Gasteiger partial charge in [0.15, 0.2) is 17.8 Å². The smallest absolute Gasteiger partial charge is 0.324 e. The summed E-state index contributed by atoms with van der Waals surface area (Å²) in [6.07, 6.45) is 3.89. The minimum absolute atomic E-state index is 0.0419. The van der Waals surface area contributed by atoms with Crippen LogP contribution in [0.4, 0.5) is 10.5 Å². The lowest BCUT2D eigenvalue weighted by atomic mass is 10.2. The zero-order chi connectivity index (χ0) is 28.0. The third-order valence-corrected chi connectivity index (χ3v) is 5.98. The van der Waals surface area contributed by atoms with Gasteiger partial charge in [-0.1, -0.05) is 23.7 Å². The van der Waals surface area contributed by atoms with Crippen molar-refractivity contribution in [2.24, 2.45) is 4.99 Å². The van der Waals surface area contributed by atoms with E-state index in [0.717, 1.165) is 24.8 Å². The monoisotopic (exact) mass is 560 g/mol. The van der Waals surface area contributed by atoms with Crippen molar-refractivity contribution in [2.45, 2.75) is 58.5 Å². The number of hydrogen-bond acceptors (Lipinski definition) is 7. The Morgan fingerprint density at radius 3 is 2.67 bits per heavy atom. The number of urea groups is 1. The van der Waals surface area contributed by atoms with Crippen LogP contribution in [0.1, 0.15) is 45.1 Å². The molecule has 0 aromatic heterocycles. The van der Waals surface area contributed by atoms with Gasteiger partial charge < -0.3 is 24.3 Å². The van der Waals surface area contributed by atoms with Crippen LogP contribution in [0.25, 0.3) is 0 Å². The first kappa shape index (κ1) is 30.2. The maximum atomic E-state index is 13.3.